The van der Waals surface area contributed by atoms with Crippen LogP contribution in [-0.2, 0) is 9.59 Å². The van der Waals surface area contributed by atoms with Crippen molar-refractivity contribution in [1.29, 1.82) is 0 Å². The van der Waals surface area contributed by atoms with Crippen LogP contribution in [0.25, 0.3) is 0 Å². The number of benzene rings is 1. The fourth-order valence-electron chi connectivity index (χ4n) is 5.62. The fraction of sp³-hybridized carbons (Fsp3) is 0.654. The molecule has 3 unspecified atom stereocenters. The first-order valence-corrected chi connectivity index (χ1v) is 12.9. The Morgan fingerprint density at radius 1 is 1.18 bits per heavy atom. The maximum absolute atomic E-state index is 13.2. The second-order valence-corrected chi connectivity index (χ2v) is 10.5. The van der Waals surface area contributed by atoms with Gasteiger partial charge in [0.05, 0.1) is 5.92 Å². The van der Waals surface area contributed by atoms with E-state index in [0.29, 0.717) is 23.2 Å². The zero-order valence-electron chi connectivity index (χ0n) is 21.0. The van der Waals surface area contributed by atoms with Gasteiger partial charge in [0, 0.05) is 54.4 Å². The van der Waals surface area contributed by atoms with Gasteiger partial charge in [0.25, 0.3) is 5.91 Å². The predicted molar refractivity (Wildman–Crippen MR) is 136 cm³/mol. The van der Waals surface area contributed by atoms with Crippen LogP contribution in [-0.4, -0.2) is 48.9 Å². The van der Waals surface area contributed by atoms with Crippen molar-refractivity contribution in [2.75, 3.05) is 18.0 Å². The van der Waals surface area contributed by atoms with Gasteiger partial charge < -0.3 is 20.9 Å². The predicted octanol–water partition coefficient (Wildman–Crippen LogP) is 3.81. The second kappa shape index (κ2) is 11.4. The Labute approximate surface area is 208 Å². The van der Waals surface area contributed by atoms with Crippen LogP contribution in [0.5, 0.6) is 0 Å². The van der Waals surface area contributed by atoms with E-state index >= 15 is 0 Å². The number of halogens is 1. The quantitative estimate of drug-likeness (QED) is 0.542. The topological polar surface area (TPSA) is 90.5 Å². The largest absolute Gasteiger partial charge is 0.369 e. The Bertz CT molecular complexity index is 914. The van der Waals surface area contributed by atoms with Gasteiger partial charge in [-0.3, -0.25) is 14.4 Å². The summed E-state index contributed by atoms with van der Waals surface area (Å²) >= 11 is 6.48. The maximum atomic E-state index is 13.2. The van der Waals surface area contributed by atoms with Gasteiger partial charge in [-0.1, -0.05) is 18.5 Å². The molecule has 7 nitrogen and oxygen atoms in total. The summed E-state index contributed by atoms with van der Waals surface area (Å²) in [4.78, 5) is 39.3. The van der Waals surface area contributed by atoms with Crippen LogP contribution >= 0.6 is 11.6 Å². The van der Waals surface area contributed by atoms with E-state index in [-0.39, 0.29) is 41.6 Å². The van der Waals surface area contributed by atoms with Crippen molar-refractivity contribution < 1.29 is 14.4 Å². The van der Waals surface area contributed by atoms with Crippen molar-refractivity contribution in [3.05, 3.63) is 28.3 Å². The SMILES string of the molecule is CCN(c1cc(Cl)cc(C(=O)NCC2C(=O)NC(C)CC2C)c1C)[C@H]1CC[C@@H](NC(C)=O)CC1. The van der Waals surface area contributed by atoms with Crippen LogP contribution < -0.4 is 20.9 Å². The number of carbonyl (C=O) groups excluding carboxylic acids is 3. The lowest BCUT2D eigenvalue weighted by Crippen LogP contribution is -2.50. The molecule has 1 saturated carbocycles. The lowest BCUT2D eigenvalue weighted by Gasteiger charge is -2.39. The maximum Gasteiger partial charge on any atom is 0.251 e. The fourth-order valence-corrected chi connectivity index (χ4v) is 5.84. The molecule has 1 aromatic rings. The van der Waals surface area contributed by atoms with Gasteiger partial charge in [0.2, 0.25) is 11.8 Å². The summed E-state index contributed by atoms with van der Waals surface area (Å²) in [7, 11) is 0. The summed E-state index contributed by atoms with van der Waals surface area (Å²) in [5.41, 5.74) is 2.41. The highest BCUT2D eigenvalue weighted by Gasteiger charge is 2.33. The van der Waals surface area contributed by atoms with E-state index in [2.05, 4.69) is 34.7 Å². The van der Waals surface area contributed by atoms with E-state index < -0.39 is 0 Å². The van der Waals surface area contributed by atoms with Crippen molar-refractivity contribution in [1.82, 2.24) is 16.0 Å². The van der Waals surface area contributed by atoms with E-state index in [9.17, 15) is 14.4 Å². The molecule has 1 saturated heterocycles. The molecule has 8 heteroatoms. The van der Waals surface area contributed by atoms with Crippen LogP contribution in [0.1, 0.15) is 75.7 Å². The average molecular weight is 491 g/mol. The van der Waals surface area contributed by atoms with E-state index in [1.165, 1.54) is 0 Å². The molecule has 34 heavy (non-hydrogen) atoms. The molecule has 0 radical (unpaired) electrons. The molecule has 0 bridgehead atoms. The Morgan fingerprint density at radius 3 is 2.44 bits per heavy atom. The summed E-state index contributed by atoms with van der Waals surface area (Å²) in [5, 5.41) is 9.52. The molecule has 2 aliphatic rings. The van der Waals surface area contributed by atoms with Gasteiger partial charge in [-0.05, 0) is 76.5 Å². The van der Waals surface area contributed by atoms with Crippen molar-refractivity contribution >= 4 is 35.0 Å². The number of piperidine rings is 1. The minimum atomic E-state index is -0.231. The number of carbonyl (C=O) groups is 3. The Kier molecular flexibility index (Phi) is 8.85. The summed E-state index contributed by atoms with van der Waals surface area (Å²) in [5.74, 6) is -0.201. The highest BCUT2D eigenvalue weighted by atomic mass is 35.5. The van der Waals surface area contributed by atoms with Gasteiger partial charge in [0.15, 0.2) is 0 Å². The van der Waals surface area contributed by atoms with Crippen LogP contribution in [0.2, 0.25) is 5.02 Å². The van der Waals surface area contributed by atoms with Crippen LogP contribution in [0.4, 0.5) is 5.69 Å². The van der Waals surface area contributed by atoms with Crippen molar-refractivity contribution in [3.8, 4) is 0 Å². The first-order chi connectivity index (χ1) is 16.1. The third-order valence-corrected chi connectivity index (χ3v) is 7.62. The number of nitrogens with one attached hydrogen (secondary N) is 3. The molecule has 1 aliphatic heterocycles. The second-order valence-electron chi connectivity index (χ2n) is 10.0. The lowest BCUT2D eigenvalue weighted by atomic mass is 9.84. The molecule has 2 fully saturated rings. The van der Waals surface area contributed by atoms with Crippen LogP contribution in [0.3, 0.4) is 0 Å². The highest BCUT2D eigenvalue weighted by Crippen LogP contribution is 2.33. The summed E-state index contributed by atoms with van der Waals surface area (Å²) < 4.78 is 0. The Hall–Kier alpha value is -2.28. The standard InChI is InChI=1S/C26H39ClN4O3/c1-6-31(21-9-7-20(8-10-21)30-18(5)32)24-13-19(27)12-22(17(24)4)25(33)28-14-23-15(2)11-16(3)29-26(23)34/h12-13,15-16,20-21,23H,6-11,14H2,1-5H3,(H,28,33)(H,29,34)(H,30,32)/t15?,16?,20-,21+,23?. The monoisotopic (exact) mass is 490 g/mol. The first kappa shape index (κ1) is 26.3. The molecule has 0 aromatic heterocycles. The molecular weight excluding hydrogens is 452 g/mol. The van der Waals surface area contributed by atoms with E-state index in [0.717, 1.165) is 49.9 Å². The smallest absolute Gasteiger partial charge is 0.251 e. The minimum Gasteiger partial charge on any atom is -0.369 e. The zero-order chi connectivity index (χ0) is 25.0. The first-order valence-electron chi connectivity index (χ1n) is 12.5. The summed E-state index contributed by atoms with van der Waals surface area (Å²) in [6.45, 7) is 10.8. The summed E-state index contributed by atoms with van der Waals surface area (Å²) in [6.07, 6.45) is 4.73. The number of nitrogens with zero attached hydrogens (tertiary/aromatic N) is 1. The molecule has 188 valence electrons. The molecule has 0 spiro atoms. The van der Waals surface area contributed by atoms with E-state index in [4.69, 9.17) is 11.6 Å². The van der Waals surface area contributed by atoms with Gasteiger partial charge in [-0.2, -0.15) is 0 Å². The highest BCUT2D eigenvalue weighted by molar-refractivity contribution is 6.31. The third kappa shape index (κ3) is 6.23. The van der Waals surface area contributed by atoms with Crippen molar-refractivity contribution in [2.45, 2.75) is 84.8 Å². The number of anilines is 1. The lowest BCUT2D eigenvalue weighted by molar-refractivity contribution is -0.129. The van der Waals surface area contributed by atoms with Crippen LogP contribution in [0, 0.1) is 18.8 Å². The number of rotatable bonds is 7. The van der Waals surface area contributed by atoms with E-state index in [1.807, 2.05) is 19.9 Å². The molecule has 3 amide bonds. The van der Waals surface area contributed by atoms with Gasteiger partial charge in [0.1, 0.15) is 0 Å². The van der Waals surface area contributed by atoms with Crippen molar-refractivity contribution in [3.63, 3.8) is 0 Å². The van der Waals surface area contributed by atoms with Gasteiger partial charge in [-0.25, -0.2) is 0 Å². The Balaban J connectivity index is 1.72. The zero-order valence-corrected chi connectivity index (χ0v) is 21.8. The number of amides is 3. The molecule has 3 rings (SSSR count). The number of hydrogen-bond donors (Lipinski definition) is 3. The van der Waals surface area contributed by atoms with Crippen LogP contribution in [0.15, 0.2) is 12.1 Å². The molecular formula is C26H39ClN4O3. The molecule has 1 aromatic carbocycles. The van der Waals surface area contributed by atoms with Gasteiger partial charge >= 0.3 is 0 Å². The van der Waals surface area contributed by atoms with Gasteiger partial charge in [-0.15, -0.1) is 0 Å². The normalized spacial score (nSPS) is 27.0. The molecule has 3 N–H and O–H groups in total. The van der Waals surface area contributed by atoms with E-state index in [1.54, 1.807) is 13.0 Å². The molecule has 1 aliphatic carbocycles. The summed E-state index contributed by atoms with van der Waals surface area (Å²) in [6, 6.07) is 4.38. The number of hydrogen-bond acceptors (Lipinski definition) is 4. The Morgan fingerprint density at radius 2 is 1.85 bits per heavy atom. The third-order valence-electron chi connectivity index (χ3n) is 7.40. The molecule has 1 heterocycles. The minimum absolute atomic E-state index is 0.00192. The average Bonchev–Trinajstić information content (AvgIpc) is 2.76. The van der Waals surface area contributed by atoms with Crippen molar-refractivity contribution in [2.24, 2.45) is 11.8 Å². The molecule has 3 atom stereocenters.